The number of aromatic nitrogens is 3. The van der Waals surface area contributed by atoms with Crippen molar-refractivity contribution in [2.75, 3.05) is 30.9 Å². The molecule has 0 aliphatic heterocycles. The lowest BCUT2D eigenvalue weighted by atomic mass is 10.1. The largest absolute Gasteiger partial charge is 0.465 e. The van der Waals surface area contributed by atoms with Crippen molar-refractivity contribution in [1.82, 2.24) is 19.9 Å². The second-order valence-electron chi connectivity index (χ2n) is 8.08. The molecular formula is C22H28N6O3S. The van der Waals surface area contributed by atoms with Crippen molar-refractivity contribution in [3.63, 3.8) is 0 Å². The van der Waals surface area contributed by atoms with E-state index in [2.05, 4.69) is 25.6 Å². The molecule has 1 amide bonds. The predicted octanol–water partition coefficient (Wildman–Crippen LogP) is 4.68. The molecule has 0 spiro atoms. The maximum Gasteiger partial charge on any atom is 0.408 e. The zero-order valence-corrected chi connectivity index (χ0v) is 19.4. The molecule has 32 heavy (non-hydrogen) atoms. The second kappa shape index (κ2) is 10.4. The summed E-state index contributed by atoms with van der Waals surface area (Å²) in [7, 11) is 1.66. The lowest BCUT2D eigenvalue weighted by molar-refractivity contribution is 0.0955. The Hall–Kier alpha value is -3.24. The van der Waals surface area contributed by atoms with Crippen LogP contribution in [-0.2, 0) is 11.3 Å². The Morgan fingerprint density at radius 2 is 1.94 bits per heavy atom. The molecule has 3 N–H and O–H groups in total. The zero-order chi connectivity index (χ0) is 23.1. The standard InChI is InChI=1S/C22H28N6O3S/c1-22(2,3)28(21(29)30)14-15-5-7-16(8-6-15)26-19-23-10-9-17(27-19)18-13-25-20(32-18)24-11-12-31-4/h5-10,13H,11-12,14H2,1-4H3,(H,24,25)(H,29,30)(H,23,26,27). The SMILES string of the molecule is COCCNc1ncc(-c2ccnc(Nc3ccc(CN(C(=O)O)C(C)(C)C)cc3)n2)s1. The van der Waals surface area contributed by atoms with Crippen LogP contribution in [0.3, 0.4) is 0 Å². The average molecular weight is 457 g/mol. The maximum absolute atomic E-state index is 11.6. The van der Waals surface area contributed by atoms with E-state index in [-0.39, 0.29) is 0 Å². The molecule has 10 heteroatoms. The van der Waals surface area contributed by atoms with Gasteiger partial charge in [-0.15, -0.1) is 0 Å². The van der Waals surface area contributed by atoms with E-state index in [0.29, 0.717) is 25.6 Å². The molecule has 2 heterocycles. The minimum atomic E-state index is -0.940. The van der Waals surface area contributed by atoms with Crippen LogP contribution in [-0.4, -0.2) is 56.9 Å². The Morgan fingerprint density at radius 3 is 2.59 bits per heavy atom. The molecule has 3 aromatic rings. The van der Waals surface area contributed by atoms with Gasteiger partial charge in [0, 0.05) is 43.8 Å². The van der Waals surface area contributed by atoms with Crippen molar-refractivity contribution in [2.45, 2.75) is 32.9 Å². The first kappa shape index (κ1) is 23.4. The number of nitrogens with zero attached hydrogens (tertiary/aromatic N) is 4. The van der Waals surface area contributed by atoms with E-state index >= 15 is 0 Å². The van der Waals surface area contributed by atoms with E-state index in [1.807, 2.05) is 51.1 Å². The fourth-order valence-electron chi connectivity index (χ4n) is 2.89. The lowest BCUT2D eigenvalue weighted by Gasteiger charge is -2.33. The fourth-order valence-corrected chi connectivity index (χ4v) is 3.70. The number of hydrogen-bond acceptors (Lipinski definition) is 8. The monoisotopic (exact) mass is 456 g/mol. The smallest absolute Gasteiger partial charge is 0.408 e. The van der Waals surface area contributed by atoms with Crippen molar-refractivity contribution < 1.29 is 14.6 Å². The molecule has 1 aromatic carbocycles. The molecule has 0 unspecified atom stereocenters. The Morgan fingerprint density at radius 1 is 1.19 bits per heavy atom. The third kappa shape index (κ3) is 6.38. The lowest BCUT2D eigenvalue weighted by Crippen LogP contribution is -2.44. The van der Waals surface area contributed by atoms with E-state index < -0.39 is 11.6 Å². The fraction of sp³-hybridized carbons (Fsp3) is 0.364. The number of thiazole rings is 1. The van der Waals surface area contributed by atoms with Gasteiger partial charge >= 0.3 is 6.09 Å². The van der Waals surface area contributed by atoms with Crippen LogP contribution in [0.25, 0.3) is 10.6 Å². The summed E-state index contributed by atoms with van der Waals surface area (Å²) in [5.41, 5.74) is 2.02. The first-order chi connectivity index (χ1) is 15.3. The first-order valence-corrected chi connectivity index (χ1v) is 11.0. The van der Waals surface area contributed by atoms with Crippen LogP contribution in [0.4, 0.5) is 21.6 Å². The summed E-state index contributed by atoms with van der Waals surface area (Å²) >= 11 is 1.51. The van der Waals surface area contributed by atoms with Gasteiger partial charge in [-0.1, -0.05) is 23.5 Å². The number of hydrogen-bond donors (Lipinski definition) is 3. The molecule has 0 aliphatic carbocycles. The van der Waals surface area contributed by atoms with Gasteiger partial charge < -0.3 is 20.5 Å². The van der Waals surface area contributed by atoms with Crippen molar-refractivity contribution in [2.24, 2.45) is 0 Å². The Labute approximate surface area is 191 Å². The van der Waals surface area contributed by atoms with Gasteiger partial charge in [0.25, 0.3) is 0 Å². The van der Waals surface area contributed by atoms with Gasteiger partial charge in [-0.25, -0.2) is 19.7 Å². The van der Waals surface area contributed by atoms with Gasteiger partial charge in [-0.3, -0.25) is 4.90 Å². The number of carboxylic acid groups (broad SMARTS) is 1. The van der Waals surface area contributed by atoms with E-state index in [9.17, 15) is 9.90 Å². The molecule has 0 aliphatic rings. The molecule has 0 saturated carbocycles. The summed E-state index contributed by atoms with van der Waals surface area (Å²) in [5.74, 6) is 0.472. The Bertz CT molecular complexity index is 1030. The van der Waals surface area contributed by atoms with E-state index in [4.69, 9.17) is 4.74 Å². The van der Waals surface area contributed by atoms with Gasteiger partial charge in [0.05, 0.1) is 17.2 Å². The number of anilines is 3. The average Bonchev–Trinajstić information content (AvgIpc) is 3.21. The van der Waals surface area contributed by atoms with Gasteiger partial charge in [0.1, 0.15) is 0 Å². The third-order valence-corrected chi connectivity index (χ3v) is 5.57. The van der Waals surface area contributed by atoms with Crippen molar-refractivity contribution in [1.29, 1.82) is 0 Å². The predicted molar refractivity (Wildman–Crippen MR) is 127 cm³/mol. The minimum absolute atomic E-state index is 0.317. The van der Waals surface area contributed by atoms with E-state index in [0.717, 1.165) is 27.0 Å². The third-order valence-electron chi connectivity index (χ3n) is 4.59. The highest BCUT2D eigenvalue weighted by Gasteiger charge is 2.25. The summed E-state index contributed by atoms with van der Waals surface area (Å²) in [5, 5.41) is 16.7. The highest BCUT2D eigenvalue weighted by molar-refractivity contribution is 7.18. The van der Waals surface area contributed by atoms with Gasteiger partial charge in [-0.05, 0) is 44.5 Å². The molecule has 9 nitrogen and oxygen atoms in total. The second-order valence-corrected chi connectivity index (χ2v) is 9.11. The topological polar surface area (TPSA) is 112 Å². The highest BCUT2D eigenvalue weighted by Crippen LogP contribution is 2.28. The number of methoxy groups -OCH3 is 1. The van der Waals surface area contributed by atoms with Gasteiger partial charge in [0.15, 0.2) is 5.13 Å². The van der Waals surface area contributed by atoms with Crippen molar-refractivity contribution >= 4 is 34.2 Å². The number of benzene rings is 1. The number of rotatable bonds is 9. The number of nitrogens with one attached hydrogen (secondary N) is 2. The Balaban J connectivity index is 1.66. The molecule has 0 atom stereocenters. The highest BCUT2D eigenvalue weighted by atomic mass is 32.1. The van der Waals surface area contributed by atoms with Crippen LogP contribution >= 0.6 is 11.3 Å². The van der Waals surface area contributed by atoms with Crippen LogP contribution in [0.15, 0.2) is 42.7 Å². The van der Waals surface area contributed by atoms with Gasteiger partial charge in [0.2, 0.25) is 5.95 Å². The summed E-state index contributed by atoms with van der Waals surface area (Å²) < 4.78 is 5.04. The summed E-state index contributed by atoms with van der Waals surface area (Å²) in [4.78, 5) is 27.2. The van der Waals surface area contributed by atoms with Gasteiger partial charge in [-0.2, -0.15) is 0 Å². The quantitative estimate of drug-likeness (QED) is 0.398. The summed E-state index contributed by atoms with van der Waals surface area (Å²) in [6.07, 6.45) is 2.54. The van der Waals surface area contributed by atoms with Crippen molar-refractivity contribution in [3.05, 3.63) is 48.3 Å². The van der Waals surface area contributed by atoms with Crippen LogP contribution in [0, 0.1) is 0 Å². The minimum Gasteiger partial charge on any atom is -0.465 e. The Kier molecular flexibility index (Phi) is 7.60. The number of ether oxygens (including phenoxy) is 1. The molecular weight excluding hydrogens is 428 g/mol. The summed E-state index contributed by atoms with van der Waals surface area (Å²) in [6, 6.07) is 9.41. The normalized spacial score (nSPS) is 11.2. The van der Waals surface area contributed by atoms with Crippen molar-refractivity contribution in [3.8, 4) is 10.6 Å². The maximum atomic E-state index is 11.6. The molecule has 2 aromatic heterocycles. The van der Waals surface area contributed by atoms with E-state index in [1.165, 1.54) is 16.2 Å². The number of amides is 1. The zero-order valence-electron chi connectivity index (χ0n) is 18.6. The molecule has 0 saturated heterocycles. The molecule has 0 bridgehead atoms. The molecule has 0 radical (unpaired) electrons. The van der Waals surface area contributed by atoms with E-state index in [1.54, 1.807) is 19.5 Å². The van der Waals surface area contributed by atoms with Crippen LogP contribution in [0.2, 0.25) is 0 Å². The first-order valence-electron chi connectivity index (χ1n) is 10.1. The van der Waals surface area contributed by atoms with Crippen LogP contribution < -0.4 is 10.6 Å². The summed E-state index contributed by atoms with van der Waals surface area (Å²) in [6.45, 7) is 7.25. The van der Waals surface area contributed by atoms with Crippen LogP contribution in [0.1, 0.15) is 26.3 Å². The van der Waals surface area contributed by atoms with Crippen LogP contribution in [0.5, 0.6) is 0 Å². The molecule has 0 fully saturated rings. The number of carbonyl (C=O) groups is 1. The molecule has 3 rings (SSSR count). The molecule has 170 valence electrons.